The highest BCUT2D eigenvalue weighted by Crippen LogP contribution is 2.48. The molecule has 3 rings (SSSR count). The molecule has 0 heterocycles. The zero-order valence-electron chi connectivity index (χ0n) is 19.6. The Morgan fingerprint density at radius 2 is 1.55 bits per heavy atom. The third kappa shape index (κ3) is 4.27. The fourth-order valence-corrected chi connectivity index (χ4v) is 4.79. The zero-order valence-corrected chi connectivity index (χ0v) is 19.6. The molecule has 2 aromatic rings. The zero-order chi connectivity index (χ0) is 21.7. The van der Waals surface area contributed by atoms with E-state index < -0.39 is 0 Å². The van der Waals surface area contributed by atoms with E-state index in [0.29, 0.717) is 5.78 Å². The maximum atomic E-state index is 13.4. The first-order valence-electron chi connectivity index (χ1n) is 10.7. The summed E-state index contributed by atoms with van der Waals surface area (Å²) in [6.07, 6.45) is 1.70. The smallest absolute Gasteiger partial charge is 0.166 e. The van der Waals surface area contributed by atoms with Crippen molar-refractivity contribution < 1.29 is 9.53 Å². The van der Waals surface area contributed by atoms with Crippen LogP contribution in [0.15, 0.2) is 24.3 Å². The molecule has 2 aromatic carbocycles. The van der Waals surface area contributed by atoms with Crippen molar-refractivity contribution in [1.29, 1.82) is 0 Å². The molecule has 0 saturated heterocycles. The van der Waals surface area contributed by atoms with Crippen LogP contribution in [0.25, 0.3) is 11.1 Å². The molecule has 29 heavy (non-hydrogen) atoms. The Morgan fingerprint density at radius 1 is 0.966 bits per heavy atom. The molecule has 1 atom stereocenters. The number of methoxy groups -OCH3 is 1. The number of carbonyl (C=O) groups is 1. The monoisotopic (exact) mass is 392 g/mol. The van der Waals surface area contributed by atoms with Crippen LogP contribution in [0.1, 0.15) is 80.6 Å². The minimum Gasteiger partial charge on any atom is -0.496 e. The lowest BCUT2D eigenvalue weighted by molar-refractivity contribution is 0.0903. The molecular formula is C27H36O2. The third-order valence-electron chi connectivity index (χ3n) is 5.86. The van der Waals surface area contributed by atoms with E-state index >= 15 is 0 Å². The fraction of sp³-hybridized carbons (Fsp3) is 0.519. The van der Waals surface area contributed by atoms with Crippen molar-refractivity contribution in [3.8, 4) is 16.9 Å². The lowest BCUT2D eigenvalue weighted by Crippen LogP contribution is -2.18. The van der Waals surface area contributed by atoms with Crippen LogP contribution in [0.4, 0.5) is 0 Å². The Hall–Kier alpha value is -2.09. The van der Waals surface area contributed by atoms with Gasteiger partial charge in [-0.05, 0) is 54.7 Å². The van der Waals surface area contributed by atoms with Gasteiger partial charge in [-0.3, -0.25) is 4.79 Å². The van der Waals surface area contributed by atoms with Crippen LogP contribution in [0.3, 0.4) is 0 Å². The highest BCUT2D eigenvalue weighted by atomic mass is 16.5. The summed E-state index contributed by atoms with van der Waals surface area (Å²) >= 11 is 0. The molecule has 0 aliphatic heterocycles. The number of hydrogen-bond donors (Lipinski definition) is 0. The summed E-state index contributed by atoms with van der Waals surface area (Å²) in [5, 5.41) is 0. The van der Waals surface area contributed by atoms with E-state index in [1.165, 1.54) is 16.7 Å². The summed E-state index contributed by atoms with van der Waals surface area (Å²) in [7, 11) is 1.76. The Labute approximate surface area is 176 Å². The van der Waals surface area contributed by atoms with Crippen LogP contribution in [-0.4, -0.2) is 12.9 Å². The van der Waals surface area contributed by atoms with Crippen LogP contribution in [0.5, 0.6) is 5.75 Å². The van der Waals surface area contributed by atoms with Gasteiger partial charge in [-0.25, -0.2) is 0 Å². The Morgan fingerprint density at radius 3 is 2.03 bits per heavy atom. The van der Waals surface area contributed by atoms with Crippen molar-refractivity contribution in [2.45, 2.75) is 73.6 Å². The van der Waals surface area contributed by atoms with Gasteiger partial charge in [-0.1, -0.05) is 70.9 Å². The molecule has 0 radical (unpaired) electrons. The van der Waals surface area contributed by atoms with Crippen molar-refractivity contribution in [2.75, 3.05) is 7.11 Å². The van der Waals surface area contributed by atoms with E-state index in [2.05, 4.69) is 79.7 Å². The third-order valence-corrected chi connectivity index (χ3v) is 5.86. The largest absolute Gasteiger partial charge is 0.496 e. The van der Waals surface area contributed by atoms with Gasteiger partial charge in [0.25, 0.3) is 0 Å². The molecule has 1 aliphatic carbocycles. The maximum Gasteiger partial charge on any atom is 0.166 e. The highest BCUT2D eigenvalue weighted by Gasteiger charge is 2.38. The molecule has 0 unspecified atom stereocenters. The molecule has 0 aromatic heterocycles. The van der Waals surface area contributed by atoms with Crippen LogP contribution in [-0.2, 0) is 11.8 Å². The fourth-order valence-electron chi connectivity index (χ4n) is 4.79. The Kier molecular flexibility index (Phi) is 5.45. The molecule has 0 amide bonds. The number of fused-ring (bicyclic) bond motifs is 1. The standard InChI is InChI=1S/C27H36O2/c1-16-10-17(2)12-18(11-16)23-20-13-19(15-26(3,4)5)24(28)21(20)14-22(25(23)29-9)27(6,7)8/h10-12,14,19H,13,15H2,1-9H3/t19-/m1/s1. The van der Waals surface area contributed by atoms with E-state index in [4.69, 9.17) is 4.74 Å². The number of Topliss-reactive ketones (excluding diaryl/α,β-unsaturated/α-hetero) is 1. The molecule has 0 fully saturated rings. The molecule has 0 spiro atoms. The second kappa shape index (κ2) is 7.31. The molecular weight excluding hydrogens is 356 g/mol. The van der Waals surface area contributed by atoms with Crippen molar-refractivity contribution in [2.24, 2.45) is 11.3 Å². The Balaban J connectivity index is 2.32. The van der Waals surface area contributed by atoms with Gasteiger partial charge in [0.1, 0.15) is 5.75 Å². The molecule has 0 bridgehead atoms. The van der Waals surface area contributed by atoms with Gasteiger partial charge in [0.2, 0.25) is 0 Å². The van der Waals surface area contributed by atoms with E-state index in [0.717, 1.165) is 40.8 Å². The van der Waals surface area contributed by atoms with E-state index in [-0.39, 0.29) is 16.7 Å². The highest BCUT2D eigenvalue weighted by molar-refractivity contribution is 6.05. The summed E-state index contributed by atoms with van der Waals surface area (Å²) in [6.45, 7) is 17.5. The molecule has 0 N–H and O–H groups in total. The minimum atomic E-state index is -0.115. The second-order valence-corrected chi connectivity index (χ2v) is 11.0. The van der Waals surface area contributed by atoms with E-state index in [1.54, 1.807) is 7.11 Å². The lowest BCUT2D eigenvalue weighted by Gasteiger charge is -2.26. The average Bonchev–Trinajstić information content (AvgIpc) is 2.85. The number of ketones is 1. The van der Waals surface area contributed by atoms with Crippen molar-refractivity contribution in [3.05, 3.63) is 52.1 Å². The SMILES string of the molecule is COc1c(C(C)(C)C)cc2c(c1-c1cc(C)cc(C)c1)C[C@H](CC(C)(C)C)C2=O. The summed E-state index contributed by atoms with van der Waals surface area (Å²) in [5.74, 6) is 1.27. The van der Waals surface area contributed by atoms with E-state index in [9.17, 15) is 4.79 Å². The van der Waals surface area contributed by atoms with Gasteiger partial charge in [-0.2, -0.15) is 0 Å². The average molecular weight is 393 g/mol. The second-order valence-electron chi connectivity index (χ2n) is 11.0. The summed E-state index contributed by atoms with van der Waals surface area (Å²) in [6, 6.07) is 8.75. The van der Waals surface area contributed by atoms with Gasteiger partial charge in [0.05, 0.1) is 7.11 Å². The Bertz CT molecular complexity index is 932. The van der Waals surface area contributed by atoms with Gasteiger partial charge in [0.15, 0.2) is 5.78 Å². The molecule has 156 valence electrons. The number of ether oxygens (including phenoxy) is 1. The number of hydrogen-bond acceptors (Lipinski definition) is 2. The quantitative estimate of drug-likeness (QED) is 0.558. The van der Waals surface area contributed by atoms with Gasteiger partial charge in [0, 0.05) is 22.6 Å². The topological polar surface area (TPSA) is 26.3 Å². The first kappa shape index (κ1) is 21.6. The summed E-state index contributed by atoms with van der Waals surface area (Å²) < 4.78 is 6.02. The van der Waals surface area contributed by atoms with Crippen molar-refractivity contribution in [1.82, 2.24) is 0 Å². The van der Waals surface area contributed by atoms with Crippen LogP contribution in [0, 0.1) is 25.2 Å². The summed E-state index contributed by atoms with van der Waals surface area (Å²) in [4.78, 5) is 13.4. The van der Waals surface area contributed by atoms with Crippen LogP contribution in [0.2, 0.25) is 0 Å². The molecule has 0 saturated carbocycles. The predicted molar refractivity (Wildman–Crippen MR) is 122 cm³/mol. The van der Waals surface area contributed by atoms with Crippen molar-refractivity contribution in [3.63, 3.8) is 0 Å². The first-order valence-corrected chi connectivity index (χ1v) is 10.7. The van der Waals surface area contributed by atoms with Crippen molar-refractivity contribution >= 4 is 5.78 Å². The van der Waals surface area contributed by atoms with Crippen LogP contribution < -0.4 is 4.74 Å². The maximum absolute atomic E-state index is 13.4. The number of rotatable bonds is 3. The normalized spacial score (nSPS) is 16.9. The van der Waals surface area contributed by atoms with Crippen LogP contribution >= 0.6 is 0 Å². The van der Waals surface area contributed by atoms with Gasteiger partial charge >= 0.3 is 0 Å². The van der Waals surface area contributed by atoms with E-state index in [1.807, 2.05) is 0 Å². The number of benzene rings is 2. The van der Waals surface area contributed by atoms with Gasteiger partial charge in [-0.15, -0.1) is 0 Å². The molecule has 2 nitrogen and oxygen atoms in total. The summed E-state index contributed by atoms with van der Waals surface area (Å²) in [5.41, 5.74) is 7.92. The number of aryl methyl sites for hydroxylation is 2. The molecule has 1 aliphatic rings. The number of carbonyl (C=O) groups excluding carboxylic acids is 1. The first-order chi connectivity index (χ1) is 13.3. The lowest BCUT2D eigenvalue weighted by atomic mass is 9.81. The molecule has 2 heteroatoms. The minimum absolute atomic E-state index is 0.0505. The predicted octanol–water partition coefficient (Wildman–Crippen LogP) is 7.07. The van der Waals surface area contributed by atoms with Gasteiger partial charge < -0.3 is 4.74 Å².